The van der Waals surface area contributed by atoms with Crippen molar-refractivity contribution in [2.75, 3.05) is 5.73 Å². The first-order valence-corrected chi connectivity index (χ1v) is 5.27. The summed E-state index contributed by atoms with van der Waals surface area (Å²) < 4.78 is 15.4. The Morgan fingerprint density at radius 3 is 2.88 bits per heavy atom. The predicted molar refractivity (Wildman–Crippen MR) is 62.7 cm³/mol. The Balaban J connectivity index is 2.51. The highest BCUT2D eigenvalue weighted by Gasteiger charge is 2.10. The summed E-state index contributed by atoms with van der Waals surface area (Å²) in [6.45, 7) is 2.70. The van der Waals surface area contributed by atoms with Crippen LogP contribution in [0.2, 0.25) is 5.02 Å². The molecule has 2 aromatic rings. The first-order valence-electron chi connectivity index (χ1n) is 4.89. The Bertz CT molecular complexity index is 522. The van der Waals surface area contributed by atoms with Crippen LogP contribution in [0.4, 0.5) is 10.1 Å². The van der Waals surface area contributed by atoms with Crippen LogP contribution in [0.3, 0.4) is 0 Å². The summed E-state index contributed by atoms with van der Waals surface area (Å²) in [5.41, 5.74) is 7.12. The Morgan fingerprint density at radius 1 is 1.50 bits per heavy atom. The lowest BCUT2D eigenvalue weighted by Gasteiger charge is -2.03. The first-order chi connectivity index (χ1) is 7.61. The van der Waals surface area contributed by atoms with Crippen molar-refractivity contribution in [1.82, 2.24) is 9.78 Å². The summed E-state index contributed by atoms with van der Waals surface area (Å²) in [4.78, 5) is 0. The number of rotatable bonds is 2. The maximum Gasteiger partial charge on any atom is 0.132 e. The van der Waals surface area contributed by atoms with Gasteiger partial charge in [-0.05, 0) is 19.1 Å². The molecule has 0 radical (unpaired) electrons. The lowest BCUT2D eigenvalue weighted by molar-refractivity contribution is 0.631. The molecule has 0 amide bonds. The van der Waals surface area contributed by atoms with Gasteiger partial charge in [0.1, 0.15) is 5.82 Å². The van der Waals surface area contributed by atoms with E-state index in [4.69, 9.17) is 17.3 Å². The molecule has 0 spiro atoms. The molecule has 0 unspecified atom stereocenters. The van der Waals surface area contributed by atoms with Gasteiger partial charge in [-0.1, -0.05) is 11.6 Å². The average molecular weight is 240 g/mol. The molecule has 1 aromatic carbocycles. The molecule has 5 heteroatoms. The van der Waals surface area contributed by atoms with Crippen LogP contribution in [0, 0.1) is 5.82 Å². The fourth-order valence-corrected chi connectivity index (χ4v) is 1.61. The number of aryl methyl sites for hydroxylation is 1. The summed E-state index contributed by atoms with van der Waals surface area (Å²) in [5, 5.41) is 4.31. The molecule has 0 aliphatic rings. The van der Waals surface area contributed by atoms with Gasteiger partial charge in [0.05, 0.1) is 16.9 Å². The van der Waals surface area contributed by atoms with Gasteiger partial charge in [0.15, 0.2) is 0 Å². The van der Waals surface area contributed by atoms with Crippen LogP contribution in [0.25, 0.3) is 11.1 Å². The van der Waals surface area contributed by atoms with Crippen LogP contribution < -0.4 is 5.73 Å². The number of benzene rings is 1. The second-order valence-corrected chi connectivity index (χ2v) is 3.85. The van der Waals surface area contributed by atoms with E-state index >= 15 is 0 Å². The van der Waals surface area contributed by atoms with E-state index in [0.29, 0.717) is 16.8 Å². The molecule has 0 fully saturated rings. The zero-order valence-corrected chi connectivity index (χ0v) is 9.50. The van der Waals surface area contributed by atoms with Crippen LogP contribution in [0.15, 0.2) is 24.5 Å². The third-order valence-corrected chi connectivity index (χ3v) is 2.68. The molecule has 0 aliphatic carbocycles. The molecule has 2 N–H and O–H groups in total. The van der Waals surface area contributed by atoms with Crippen molar-refractivity contribution in [3.05, 3.63) is 35.4 Å². The minimum atomic E-state index is -0.394. The standard InChI is InChI=1S/C11H11ClFN3/c1-2-16-6-7(5-15-16)8-3-11(14)9(12)4-10(8)13/h3-6H,2,14H2,1H3. The number of hydrogen-bond acceptors (Lipinski definition) is 2. The largest absolute Gasteiger partial charge is 0.398 e. The van der Waals surface area contributed by atoms with Gasteiger partial charge >= 0.3 is 0 Å². The number of nitrogens with zero attached hydrogens (tertiary/aromatic N) is 2. The van der Waals surface area contributed by atoms with Crippen LogP contribution >= 0.6 is 11.6 Å². The lowest BCUT2D eigenvalue weighted by Crippen LogP contribution is -1.93. The minimum Gasteiger partial charge on any atom is -0.398 e. The molecule has 0 saturated carbocycles. The monoisotopic (exact) mass is 239 g/mol. The summed E-state index contributed by atoms with van der Waals surface area (Å²) in [6.07, 6.45) is 3.38. The smallest absolute Gasteiger partial charge is 0.132 e. The molecule has 0 atom stereocenters. The van der Waals surface area contributed by atoms with Gasteiger partial charge in [-0.25, -0.2) is 4.39 Å². The van der Waals surface area contributed by atoms with E-state index in [2.05, 4.69) is 5.10 Å². The third kappa shape index (κ3) is 1.88. The molecule has 2 rings (SSSR count). The van der Waals surface area contributed by atoms with Crippen molar-refractivity contribution < 1.29 is 4.39 Å². The Morgan fingerprint density at radius 2 is 2.25 bits per heavy atom. The third-order valence-electron chi connectivity index (χ3n) is 2.35. The molecule has 16 heavy (non-hydrogen) atoms. The highest BCUT2D eigenvalue weighted by molar-refractivity contribution is 6.33. The van der Waals surface area contributed by atoms with Crippen LogP contribution in [-0.4, -0.2) is 9.78 Å². The zero-order chi connectivity index (χ0) is 11.7. The second-order valence-electron chi connectivity index (χ2n) is 3.44. The summed E-state index contributed by atoms with van der Waals surface area (Å²) in [7, 11) is 0. The molecule has 1 aromatic heterocycles. The SMILES string of the molecule is CCn1cc(-c2cc(N)c(Cl)cc2F)cn1. The summed E-state index contributed by atoms with van der Waals surface area (Å²) >= 11 is 5.72. The van der Waals surface area contributed by atoms with Crippen LogP contribution in [0.1, 0.15) is 6.92 Å². The van der Waals surface area contributed by atoms with E-state index < -0.39 is 5.82 Å². The highest BCUT2D eigenvalue weighted by atomic mass is 35.5. The van der Waals surface area contributed by atoms with Gasteiger partial charge in [-0.2, -0.15) is 5.10 Å². The fraction of sp³-hybridized carbons (Fsp3) is 0.182. The molecule has 84 valence electrons. The number of aromatic nitrogens is 2. The van der Waals surface area contributed by atoms with Crippen molar-refractivity contribution in [2.24, 2.45) is 0 Å². The molecule has 0 aliphatic heterocycles. The van der Waals surface area contributed by atoms with Crippen molar-refractivity contribution >= 4 is 17.3 Å². The van der Waals surface area contributed by atoms with Crippen LogP contribution in [0.5, 0.6) is 0 Å². The van der Waals surface area contributed by atoms with E-state index in [1.165, 1.54) is 12.1 Å². The maximum absolute atomic E-state index is 13.7. The van der Waals surface area contributed by atoms with Gasteiger partial charge in [0.25, 0.3) is 0 Å². The van der Waals surface area contributed by atoms with E-state index in [-0.39, 0.29) is 5.02 Å². The zero-order valence-electron chi connectivity index (χ0n) is 8.74. The van der Waals surface area contributed by atoms with Crippen LogP contribution in [-0.2, 0) is 6.54 Å². The second kappa shape index (κ2) is 4.14. The average Bonchev–Trinajstić information content (AvgIpc) is 2.71. The summed E-state index contributed by atoms with van der Waals surface area (Å²) in [5.74, 6) is -0.394. The van der Waals surface area contributed by atoms with E-state index in [0.717, 1.165) is 6.54 Å². The summed E-state index contributed by atoms with van der Waals surface area (Å²) in [6, 6.07) is 2.74. The van der Waals surface area contributed by atoms with Crippen molar-refractivity contribution in [3.8, 4) is 11.1 Å². The Kier molecular flexibility index (Phi) is 2.83. The number of nitrogens with two attached hydrogens (primary N) is 1. The molecule has 3 nitrogen and oxygen atoms in total. The predicted octanol–water partition coefficient (Wildman–Crippen LogP) is 2.94. The van der Waals surface area contributed by atoms with Gasteiger partial charge in [-0.15, -0.1) is 0 Å². The number of halogens is 2. The number of hydrogen-bond donors (Lipinski definition) is 1. The van der Waals surface area contributed by atoms with Crippen molar-refractivity contribution in [3.63, 3.8) is 0 Å². The highest BCUT2D eigenvalue weighted by Crippen LogP contribution is 2.29. The first kappa shape index (κ1) is 11.0. The van der Waals surface area contributed by atoms with Gasteiger partial charge in [0.2, 0.25) is 0 Å². The van der Waals surface area contributed by atoms with Gasteiger partial charge in [-0.3, -0.25) is 4.68 Å². The topological polar surface area (TPSA) is 43.8 Å². The lowest BCUT2D eigenvalue weighted by atomic mass is 10.1. The molecule has 1 heterocycles. The van der Waals surface area contributed by atoms with Gasteiger partial charge in [0, 0.05) is 23.9 Å². The van der Waals surface area contributed by atoms with Crippen molar-refractivity contribution in [1.29, 1.82) is 0 Å². The minimum absolute atomic E-state index is 0.226. The molecule has 0 saturated heterocycles. The fourth-order valence-electron chi connectivity index (χ4n) is 1.46. The molecular weight excluding hydrogens is 229 g/mol. The quantitative estimate of drug-likeness (QED) is 0.819. The van der Waals surface area contributed by atoms with E-state index in [1.807, 2.05) is 6.92 Å². The van der Waals surface area contributed by atoms with E-state index in [9.17, 15) is 4.39 Å². The Hall–Kier alpha value is -1.55. The number of nitrogen functional groups attached to an aromatic ring is 1. The molecule has 0 bridgehead atoms. The van der Waals surface area contributed by atoms with Gasteiger partial charge < -0.3 is 5.73 Å². The maximum atomic E-state index is 13.7. The van der Waals surface area contributed by atoms with Crippen molar-refractivity contribution in [2.45, 2.75) is 13.5 Å². The number of anilines is 1. The van der Waals surface area contributed by atoms with E-state index in [1.54, 1.807) is 17.1 Å². The Labute approximate surface area is 97.6 Å². The molecular formula is C11H11ClFN3. The normalized spacial score (nSPS) is 10.7.